The van der Waals surface area contributed by atoms with Crippen molar-refractivity contribution >= 4 is 35.5 Å². The number of aromatic amines is 1. The third-order valence-corrected chi connectivity index (χ3v) is 7.82. The molecule has 0 atom stereocenters. The van der Waals surface area contributed by atoms with Crippen LogP contribution < -0.4 is 21.3 Å². The number of hydrogen-bond donors (Lipinski definition) is 4. The molecule has 17 nitrogen and oxygen atoms in total. The summed E-state index contributed by atoms with van der Waals surface area (Å²) in [5.41, 5.74) is 5.48. The molecule has 4 amide bonds. The molecule has 3 heterocycles. The van der Waals surface area contributed by atoms with E-state index in [-0.39, 0.29) is 23.0 Å². The van der Waals surface area contributed by atoms with E-state index in [2.05, 4.69) is 30.8 Å². The molecule has 0 radical (unpaired) electrons. The number of H-pyrrole nitrogens is 1. The summed E-state index contributed by atoms with van der Waals surface area (Å²) in [6.45, 7) is 13.5. The fraction of sp³-hybridized carbons (Fsp3) is 0.595. The number of rotatable bonds is 20. The Kier molecular flexibility index (Phi) is 14.9. The zero-order valence-corrected chi connectivity index (χ0v) is 32.1. The maximum Gasteiger partial charge on any atom is 0.416 e. The van der Waals surface area contributed by atoms with Crippen molar-refractivity contribution in [3.05, 3.63) is 41.7 Å². The largest absolute Gasteiger partial charge is 0.444 e. The number of carbonyl (C=O) groups is 4. The Morgan fingerprint density at radius 2 is 1.67 bits per heavy atom. The van der Waals surface area contributed by atoms with Gasteiger partial charge in [-0.15, -0.1) is 0 Å². The molecule has 1 fully saturated rings. The van der Waals surface area contributed by atoms with E-state index in [4.69, 9.17) is 29.1 Å². The number of nitrogens with zero attached hydrogens (tertiary/aromatic N) is 4. The van der Waals surface area contributed by atoms with Crippen LogP contribution in [0.25, 0.3) is 11.5 Å². The fourth-order valence-corrected chi connectivity index (χ4v) is 5.12. The van der Waals surface area contributed by atoms with Crippen LogP contribution in [0.4, 0.5) is 21.1 Å². The Morgan fingerprint density at radius 1 is 0.963 bits per heavy atom. The monoisotopic (exact) mass is 754 g/mol. The molecule has 1 aliphatic carbocycles. The molecule has 0 bridgehead atoms. The Labute approximate surface area is 315 Å². The summed E-state index contributed by atoms with van der Waals surface area (Å²) < 4.78 is 27.5. The van der Waals surface area contributed by atoms with Crippen LogP contribution in [-0.2, 0) is 25.4 Å². The van der Waals surface area contributed by atoms with Crippen molar-refractivity contribution in [1.82, 2.24) is 25.5 Å². The first-order chi connectivity index (χ1) is 25.6. The third-order valence-electron chi connectivity index (χ3n) is 7.82. The first-order valence-corrected chi connectivity index (χ1v) is 18.3. The maximum absolute atomic E-state index is 13.3. The zero-order valence-electron chi connectivity index (χ0n) is 32.1. The van der Waals surface area contributed by atoms with Crippen molar-refractivity contribution < 1.29 is 42.5 Å². The predicted molar refractivity (Wildman–Crippen MR) is 199 cm³/mol. The second kappa shape index (κ2) is 19.3. The number of oxazole rings is 1. The minimum absolute atomic E-state index is 0.0317. The molecule has 0 unspecified atom stereocenters. The molecule has 296 valence electrons. The van der Waals surface area contributed by atoms with Gasteiger partial charge in [0.25, 0.3) is 11.8 Å². The molecule has 0 aromatic carbocycles. The minimum Gasteiger partial charge on any atom is -0.444 e. The number of unbranched alkanes of at least 4 members (excludes halogenated alkanes) is 3. The van der Waals surface area contributed by atoms with Crippen LogP contribution in [0.3, 0.4) is 0 Å². The summed E-state index contributed by atoms with van der Waals surface area (Å²) in [4.78, 5) is 60.4. The number of aromatic nitrogens is 4. The van der Waals surface area contributed by atoms with E-state index in [1.807, 2.05) is 0 Å². The molecule has 17 heteroatoms. The van der Waals surface area contributed by atoms with Crippen LogP contribution in [0.5, 0.6) is 0 Å². The van der Waals surface area contributed by atoms with Crippen LogP contribution >= 0.6 is 0 Å². The van der Waals surface area contributed by atoms with Gasteiger partial charge in [-0.2, -0.15) is 5.10 Å². The van der Waals surface area contributed by atoms with Gasteiger partial charge in [-0.25, -0.2) is 19.6 Å². The molecule has 0 saturated heterocycles. The molecular formula is C37H54N8O9. The molecule has 1 aliphatic rings. The van der Waals surface area contributed by atoms with Crippen LogP contribution in [0.2, 0.25) is 0 Å². The Hall–Kier alpha value is -5.03. The first kappa shape index (κ1) is 41.7. The van der Waals surface area contributed by atoms with Gasteiger partial charge in [0.2, 0.25) is 5.89 Å². The van der Waals surface area contributed by atoms with Gasteiger partial charge in [-0.1, -0.05) is 12.8 Å². The maximum atomic E-state index is 13.3. The lowest BCUT2D eigenvalue weighted by atomic mass is 10.1. The van der Waals surface area contributed by atoms with Crippen molar-refractivity contribution in [2.75, 3.05) is 49.7 Å². The van der Waals surface area contributed by atoms with Crippen LogP contribution in [0.1, 0.15) is 107 Å². The smallest absolute Gasteiger partial charge is 0.416 e. The lowest BCUT2D eigenvalue weighted by Gasteiger charge is -2.27. The van der Waals surface area contributed by atoms with Crippen molar-refractivity contribution in [3.8, 4) is 11.5 Å². The molecule has 1 saturated carbocycles. The molecule has 0 aliphatic heterocycles. The van der Waals surface area contributed by atoms with Crippen molar-refractivity contribution in [2.45, 2.75) is 97.7 Å². The highest BCUT2D eigenvalue weighted by molar-refractivity contribution is 6.07. The van der Waals surface area contributed by atoms with E-state index in [0.717, 1.165) is 38.5 Å². The van der Waals surface area contributed by atoms with Gasteiger partial charge in [0.1, 0.15) is 23.3 Å². The summed E-state index contributed by atoms with van der Waals surface area (Å²) >= 11 is 0. The number of carbonyl (C=O) groups excluding carboxylic acids is 4. The van der Waals surface area contributed by atoms with Crippen molar-refractivity contribution in [1.29, 1.82) is 0 Å². The number of anilines is 2. The second-order valence-electron chi connectivity index (χ2n) is 15.0. The van der Waals surface area contributed by atoms with Gasteiger partial charge in [-0.05, 0) is 91.7 Å². The molecule has 4 rings (SSSR count). The summed E-state index contributed by atoms with van der Waals surface area (Å²) in [6.07, 6.45) is 7.75. The topological polar surface area (TPSA) is 226 Å². The number of pyridine rings is 1. The van der Waals surface area contributed by atoms with Gasteiger partial charge in [0.15, 0.2) is 11.4 Å². The van der Waals surface area contributed by atoms with Crippen molar-refractivity contribution in [3.63, 3.8) is 0 Å². The number of aryl methyl sites for hydroxylation is 1. The second-order valence-corrected chi connectivity index (χ2v) is 15.0. The molecule has 3 aromatic heterocycles. The number of nitrogens with two attached hydrogens (primary N) is 1. The van der Waals surface area contributed by atoms with Crippen molar-refractivity contribution in [2.24, 2.45) is 11.7 Å². The summed E-state index contributed by atoms with van der Waals surface area (Å²) in [5, 5.41) is 12.2. The summed E-state index contributed by atoms with van der Waals surface area (Å²) in [5.74, 6) is -0.504. The lowest BCUT2D eigenvalue weighted by molar-refractivity contribution is 0.0390. The number of nitrogens with one attached hydrogen (secondary N) is 3. The highest BCUT2D eigenvalue weighted by Gasteiger charge is 2.32. The van der Waals surface area contributed by atoms with Crippen LogP contribution in [0, 0.1) is 5.92 Å². The predicted octanol–water partition coefficient (Wildman–Crippen LogP) is 5.62. The first-order valence-electron chi connectivity index (χ1n) is 18.3. The fourth-order valence-electron chi connectivity index (χ4n) is 5.12. The molecule has 5 N–H and O–H groups in total. The highest BCUT2D eigenvalue weighted by Crippen LogP contribution is 2.33. The summed E-state index contributed by atoms with van der Waals surface area (Å²) in [6, 6.07) is 3.33. The Morgan fingerprint density at radius 3 is 2.35 bits per heavy atom. The number of alkyl carbamates (subject to hydrolysis) is 1. The van der Waals surface area contributed by atoms with Crippen LogP contribution in [0.15, 0.2) is 29.0 Å². The van der Waals surface area contributed by atoms with E-state index < -0.39 is 35.2 Å². The standard InChI is InChI=1S/C37H54N8O9/c1-36(2,3)53-34(48)40-16-18-51-20-19-50-17-10-8-7-9-11-26-29(30(31(38)46)44-43-26)42-32(47)27-23-52-33(41-27)25-14-15-39-28(21-25)45(22-24-12-13-24)35(49)54-37(4,5)6/h14-15,21,23-24H,7-13,16-20,22H2,1-6H3,(H2,38,46)(H,40,48)(H,42,47)(H,43,44). The van der Waals surface area contributed by atoms with Gasteiger partial charge in [0, 0.05) is 31.5 Å². The number of hydrogen-bond acceptors (Lipinski definition) is 12. The van der Waals surface area contributed by atoms with Crippen LogP contribution in [-0.4, -0.2) is 94.9 Å². The molecular weight excluding hydrogens is 700 g/mol. The zero-order chi connectivity index (χ0) is 39.3. The molecule has 3 aromatic rings. The lowest BCUT2D eigenvalue weighted by Crippen LogP contribution is -2.38. The SMILES string of the molecule is CC(C)(C)OC(=O)NCCOCCOCCCCCCc1[nH]nc(C(N)=O)c1NC(=O)c1coc(-c2ccnc(N(CC3CC3)C(=O)OC(C)(C)C)c2)n1. The highest BCUT2D eigenvalue weighted by atomic mass is 16.6. The summed E-state index contributed by atoms with van der Waals surface area (Å²) in [7, 11) is 0. The third kappa shape index (κ3) is 14.1. The molecule has 0 spiro atoms. The average molecular weight is 755 g/mol. The normalized spacial score (nSPS) is 13.0. The number of amides is 4. The van der Waals surface area contributed by atoms with Gasteiger partial charge in [0.05, 0.1) is 31.2 Å². The van der Waals surface area contributed by atoms with E-state index in [0.29, 0.717) is 68.9 Å². The van der Waals surface area contributed by atoms with Gasteiger partial charge < -0.3 is 39.7 Å². The van der Waals surface area contributed by atoms with E-state index in [1.165, 1.54) is 17.4 Å². The number of ether oxygens (including phenoxy) is 4. The minimum atomic E-state index is -0.792. The van der Waals surface area contributed by atoms with Gasteiger partial charge >= 0.3 is 12.2 Å². The Balaban J connectivity index is 1.22. The average Bonchev–Trinajstić information content (AvgIpc) is 3.61. The van der Waals surface area contributed by atoms with E-state index in [1.54, 1.807) is 53.7 Å². The molecule has 54 heavy (non-hydrogen) atoms. The van der Waals surface area contributed by atoms with Gasteiger partial charge in [-0.3, -0.25) is 19.6 Å². The Bertz CT molecular complexity index is 1710. The quantitative estimate of drug-likeness (QED) is 0.103. The van der Waals surface area contributed by atoms with E-state index in [9.17, 15) is 19.2 Å². The number of primary amides is 1. The van der Waals surface area contributed by atoms with E-state index >= 15 is 0 Å².